The summed E-state index contributed by atoms with van der Waals surface area (Å²) in [4.78, 5) is 11.0. The molecule has 0 spiro atoms. The maximum Gasteiger partial charge on any atom is 0.221 e. The van der Waals surface area contributed by atoms with Gasteiger partial charge in [-0.2, -0.15) is 0 Å². The van der Waals surface area contributed by atoms with Crippen molar-refractivity contribution in [1.82, 2.24) is 0 Å². The highest BCUT2D eigenvalue weighted by molar-refractivity contribution is 14.1. The lowest BCUT2D eigenvalue weighted by molar-refractivity contribution is -0.114. The van der Waals surface area contributed by atoms with Crippen LogP contribution >= 0.6 is 33.9 Å². The van der Waals surface area contributed by atoms with E-state index in [4.69, 9.17) is 0 Å². The maximum absolute atomic E-state index is 11.0. The molecule has 1 aromatic heterocycles. The molecule has 0 fully saturated rings. The Bertz CT molecular complexity index is 492. The lowest BCUT2D eigenvalue weighted by Gasteiger charge is -2.02. The molecule has 2 nitrogen and oxygen atoms in total. The van der Waals surface area contributed by atoms with Crippen molar-refractivity contribution in [2.24, 2.45) is 0 Å². The molecule has 1 aromatic carbocycles. The van der Waals surface area contributed by atoms with Gasteiger partial charge in [-0.15, -0.1) is 11.3 Å². The third-order valence-electron chi connectivity index (χ3n) is 1.84. The van der Waals surface area contributed by atoms with Crippen LogP contribution in [0.2, 0.25) is 0 Å². The van der Waals surface area contributed by atoms with E-state index in [1.165, 1.54) is 14.5 Å². The van der Waals surface area contributed by atoms with Gasteiger partial charge in [-0.3, -0.25) is 4.79 Å². The summed E-state index contributed by atoms with van der Waals surface area (Å²) in [5.74, 6) is -0.0290. The summed E-state index contributed by atoms with van der Waals surface area (Å²) >= 11 is 4.02. The van der Waals surface area contributed by atoms with Crippen molar-refractivity contribution in [2.75, 3.05) is 5.32 Å². The first kappa shape index (κ1) is 9.92. The van der Waals surface area contributed by atoms with Gasteiger partial charge in [0.05, 0.1) is 2.88 Å². The first-order valence-corrected chi connectivity index (χ1v) is 6.02. The van der Waals surface area contributed by atoms with E-state index in [1.54, 1.807) is 11.3 Å². The van der Waals surface area contributed by atoms with Crippen molar-refractivity contribution >= 4 is 55.6 Å². The Kier molecular flexibility index (Phi) is 2.73. The van der Waals surface area contributed by atoms with Crippen LogP contribution in [0.5, 0.6) is 0 Å². The summed E-state index contributed by atoms with van der Waals surface area (Å²) in [7, 11) is 0. The van der Waals surface area contributed by atoms with Crippen LogP contribution in [0.3, 0.4) is 0 Å². The van der Waals surface area contributed by atoms with Gasteiger partial charge in [0, 0.05) is 22.7 Å². The van der Waals surface area contributed by atoms with Gasteiger partial charge in [-0.05, 0) is 40.8 Å². The van der Waals surface area contributed by atoms with Gasteiger partial charge in [-0.25, -0.2) is 0 Å². The summed E-state index contributed by atoms with van der Waals surface area (Å²) < 4.78 is 2.44. The van der Waals surface area contributed by atoms with Crippen LogP contribution in [0.4, 0.5) is 5.69 Å². The average Bonchev–Trinajstić information content (AvgIpc) is 2.45. The number of benzene rings is 1. The standard InChI is InChI=1S/C10H8INOS/c1-6(13)12-8-3-2-4-9-7(8)5-10(11)14-9/h2-5H,1H3,(H,12,13). The number of nitrogens with one attached hydrogen (secondary N) is 1. The fourth-order valence-corrected chi connectivity index (χ4v) is 3.16. The monoisotopic (exact) mass is 317 g/mol. The number of carbonyl (C=O) groups is 1. The molecular formula is C10H8INOS. The van der Waals surface area contributed by atoms with Gasteiger partial charge in [-0.1, -0.05) is 6.07 Å². The largest absolute Gasteiger partial charge is 0.326 e. The second-order valence-electron chi connectivity index (χ2n) is 2.95. The molecule has 0 saturated carbocycles. The van der Waals surface area contributed by atoms with E-state index in [2.05, 4.69) is 40.0 Å². The smallest absolute Gasteiger partial charge is 0.221 e. The minimum atomic E-state index is -0.0290. The molecule has 0 aliphatic rings. The quantitative estimate of drug-likeness (QED) is 0.802. The topological polar surface area (TPSA) is 29.1 Å². The first-order valence-electron chi connectivity index (χ1n) is 4.12. The van der Waals surface area contributed by atoms with E-state index in [0.717, 1.165) is 11.1 Å². The molecule has 0 bridgehead atoms. The Labute approximate surface area is 99.5 Å². The van der Waals surface area contributed by atoms with Crippen LogP contribution < -0.4 is 5.32 Å². The molecule has 0 saturated heterocycles. The van der Waals surface area contributed by atoms with Crippen molar-refractivity contribution in [3.05, 3.63) is 27.1 Å². The highest BCUT2D eigenvalue weighted by atomic mass is 127. The molecule has 72 valence electrons. The zero-order valence-corrected chi connectivity index (χ0v) is 10.5. The van der Waals surface area contributed by atoms with Crippen LogP contribution in [-0.2, 0) is 4.79 Å². The highest BCUT2D eigenvalue weighted by Gasteiger charge is 2.04. The van der Waals surface area contributed by atoms with Crippen LogP contribution in [-0.4, -0.2) is 5.91 Å². The predicted molar refractivity (Wildman–Crippen MR) is 68.8 cm³/mol. The van der Waals surface area contributed by atoms with Crippen molar-refractivity contribution in [3.8, 4) is 0 Å². The average molecular weight is 317 g/mol. The molecule has 2 aromatic rings. The second-order valence-corrected chi connectivity index (χ2v) is 5.93. The molecular weight excluding hydrogens is 309 g/mol. The molecule has 14 heavy (non-hydrogen) atoms. The van der Waals surface area contributed by atoms with E-state index in [-0.39, 0.29) is 5.91 Å². The molecule has 1 amide bonds. The van der Waals surface area contributed by atoms with Gasteiger partial charge in [0.15, 0.2) is 0 Å². The maximum atomic E-state index is 11.0. The minimum absolute atomic E-state index is 0.0290. The molecule has 1 heterocycles. The number of thiophene rings is 1. The Hall–Kier alpha value is -0.620. The molecule has 2 rings (SSSR count). The Morgan fingerprint density at radius 1 is 1.50 bits per heavy atom. The van der Waals surface area contributed by atoms with Crippen molar-refractivity contribution in [2.45, 2.75) is 6.92 Å². The molecule has 0 aliphatic carbocycles. The number of fused-ring (bicyclic) bond motifs is 1. The highest BCUT2D eigenvalue weighted by Crippen LogP contribution is 2.31. The zero-order chi connectivity index (χ0) is 10.1. The first-order chi connectivity index (χ1) is 6.66. The summed E-state index contributed by atoms with van der Waals surface area (Å²) in [5, 5.41) is 3.95. The number of hydrogen-bond donors (Lipinski definition) is 1. The van der Waals surface area contributed by atoms with Crippen LogP contribution in [0.25, 0.3) is 10.1 Å². The molecule has 0 unspecified atom stereocenters. The third kappa shape index (κ3) is 1.90. The Morgan fingerprint density at radius 3 is 3.00 bits per heavy atom. The Morgan fingerprint density at radius 2 is 2.29 bits per heavy atom. The van der Waals surface area contributed by atoms with Gasteiger partial charge in [0.1, 0.15) is 0 Å². The van der Waals surface area contributed by atoms with Gasteiger partial charge in [0.2, 0.25) is 5.91 Å². The number of anilines is 1. The van der Waals surface area contributed by atoms with Gasteiger partial charge < -0.3 is 5.32 Å². The van der Waals surface area contributed by atoms with E-state index in [1.807, 2.05) is 12.1 Å². The number of rotatable bonds is 1. The zero-order valence-electron chi connectivity index (χ0n) is 7.50. The number of halogens is 1. The van der Waals surface area contributed by atoms with Crippen LogP contribution in [0.15, 0.2) is 24.3 Å². The Balaban J connectivity index is 2.58. The van der Waals surface area contributed by atoms with E-state index in [0.29, 0.717) is 0 Å². The van der Waals surface area contributed by atoms with Crippen molar-refractivity contribution in [3.63, 3.8) is 0 Å². The lowest BCUT2D eigenvalue weighted by atomic mass is 10.2. The van der Waals surface area contributed by atoms with Gasteiger partial charge >= 0.3 is 0 Å². The van der Waals surface area contributed by atoms with Crippen LogP contribution in [0.1, 0.15) is 6.92 Å². The van der Waals surface area contributed by atoms with E-state index < -0.39 is 0 Å². The van der Waals surface area contributed by atoms with Crippen LogP contribution in [0, 0.1) is 2.88 Å². The summed E-state index contributed by atoms with van der Waals surface area (Å²) in [6.07, 6.45) is 0. The SMILES string of the molecule is CC(=O)Nc1cccc2sc(I)cc12. The molecule has 0 radical (unpaired) electrons. The summed E-state index contributed by atoms with van der Waals surface area (Å²) in [5.41, 5.74) is 0.897. The number of hydrogen-bond acceptors (Lipinski definition) is 2. The third-order valence-corrected chi connectivity index (χ3v) is 3.70. The molecule has 0 atom stereocenters. The van der Waals surface area contributed by atoms with E-state index in [9.17, 15) is 4.79 Å². The van der Waals surface area contributed by atoms with Crippen molar-refractivity contribution in [1.29, 1.82) is 0 Å². The fraction of sp³-hybridized carbons (Fsp3) is 0.100. The summed E-state index contributed by atoms with van der Waals surface area (Å²) in [6.45, 7) is 1.52. The fourth-order valence-electron chi connectivity index (χ4n) is 1.33. The number of amides is 1. The molecule has 4 heteroatoms. The number of carbonyl (C=O) groups excluding carboxylic acids is 1. The minimum Gasteiger partial charge on any atom is -0.326 e. The van der Waals surface area contributed by atoms with Crippen molar-refractivity contribution < 1.29 is 4.79 Å². The van der Waals surface area contributed by atoms with E-state index >= 15 is 0 Å². The van der Waals surface area contributed by atoms with Gasteiger partial charge in [0.25, 0.3) is 0 Å². The second kappa shape index (κ2) is 3.86. The molecule has 1 N–H and O–H groups in total. The normalized spacial score (nSPS) is 10.4. The lowest BCUT2D eigenvalue weighted by Crippen LogP contribution is -2.05. The summed E-state index contributed by atoms with van der Waals surface area (Å²) in [6, 6.07) is 8.03. The molecule has 0 aliphatic heterocycles. The predicted octanol–water partition coefficient (Wildman–Crippen LogP) is 3.46.